The molecule has 0 saturated heterocycles. The predicted molar refractivity (Wildman–Crippen MR) is 67.6 cm³/mol. The smallest absolute Gasteiger partial charge is 0.387 e. The minimum absolute atomic E-state index is 0.0194. The van der Waals surface area contributed by atoms with Gasteiger partial charge in [0.1, 0.15) is 11.4 Å². The fraction of sp³-hybridized carbons (Fsp3) is 0.0909. The predicted octanol–water partition coefficient (Wildman–Crippen LogP) is 2.58. The first-order valence-corrected chi connectivity index (χ1v) is 6.00. The molecule has 100 valence electrons. The van der Waals surface area contributed by atoms with Crippen LogP contribution in [0.2, 0.25) is 0 Å². The molecule has 8 heteroatoms. The Labute approximate surface area is 111 Å². The second-order valence-electron chi connectivity index (χ2n) is 3.43. The molecule has 0 atom stereocenters. The Hall–Kier alpha value is -2.22. The molecule has 0 saturated carbocycles. The van der Waals surface area contributed by atoms with Crippen molar-refractivity contribution >= 4 is 28.1 Å². The molecule has 2 aromatic rings. The molecule has 3 N–H and O–H groups in total. The number of nitrogens with two attached hydrogens (primary N) is 1. The number of rotatable bonds is 4. The zero-order chi connectivity index (χ0) is 13.8. The van der Waals surface area contributed by atoms with E-state index < -0.39 is 12.5 Å². The van der Waals surface area contributed by atoms with Crippen molar-refractivity contribution in [3.63, 3.8) is 0 Å². The molecule has 0 aliphatic carbocycles. The molecule has 0 fully saturated rings. The van der Waals surface area contributed by atoms with Gasteiger partial charge in [-0.15, -0.1) is 11.3 Å². The van der Waals surface area contributed by atoms with Crippen LogP contribution in [0.15, 0.2) is 29.6 Å². The Bertz CT molecular complexity index is 572. The van der Waals surface area contributed by atoms with E-state index in [1.54, 1.807) is 0 Å². The van der Waals surface area contributed by atoms with Crippen molar-refractivity contribution in [2.24, 2.45) is 0 Å². The minimum atomic E-state index is -2.88. The van der Waals surface area contributed by atoms with Crippen LogP contribution in [0.5, 0.6) is 5.75 Å². The summed E-state index contributed by atoms with van der Waals surface area (Å²) in [6.45, 7) is -2.88. The molecule has 0 unspecified atom stereocenters. The Morgan fingerprint density at radius 2 is 2.05 bits per heavy atom. The zero-order valence-electron chi connectivity index (χ0n) is 9.47. The SMILES string of the molecule is Nc1nc(C(=O)Nc2ccc(OC(F)F)cc2)cs1. The van der Waals surface area contributed by atoms with Gasteiger partial charge in [0.05, 0.1) is 0 Å². The second-order valence-corrected chi connectivity index (χ2v) is 4.32. The average molecular weight is 285 g/mol. The molecule has 19 heavy (non-hydrogen) atoms. The number of nitrogens with one attached hydrogen (secondary N) is 1. The van der Waals surface area contributed by atoms with Gasteiger partial charge in [-0.25, -0.2) is 4.98 Å². The van der Waals surface area contributed by atoms with Crippen molar-refractivity contribution < 1.29 is 18.3 Å². The number of hydrogen-bond donors (Lipinski definition) is 2. The van der Waals surface area contributed by atoms with Gasteiger partial charge in [-0.05, 0) is 24.3 Å². The largest absolute Gasteiger partial charge is 0.435 e. The molecule has 0 aliphatic heterocycles. The van der Waals surface area contributed by atoms with E-state index in [-0.39, 0.29) is 11.4 Å². The quantitative estimate of drug-likeness (QED) is 0.905. The van der Waals surface area contributed by atoms with Gasteiger partial charge in [-0.1, -0.05) is 0 Å². The average Bonchev–Trinajstić information content (AvgIpc) is 2.78. The Morgan fingerprint density at radius 3 is 2.58 bits per heavy atom. The summed E-state index contributed by atoms with van der Waals surface area (Å²) in [4.78, 5) is 15.5. The minimum Gasteiger partial charge on any atom is -0.435 e. The number of alkyl halides is 2. The monoisotopic (exact) mass is 285 g/mol. The maximum absolute atomic E-state index is 11.9. The first-order valence-electron chi connectivity index (χ1n) is 5.12. The van der Waals surface area contributed by atoms with Crippen LogP contribution >= 0.6 is 11.3 Å². The van der Waals surface area contributed by atoms with E-state index in [0.717, 1.165) is 11.3 Å². The second kappa shape index (κ2) is 5.61. The van der Waals surface area contributed by atoms with Gasteiger partial charge in [0, 0.05) is 11.1 Å². The van der Waals surface area contributed by atoms with Crippen LogP contribution in [0.4, 0.5) is 19.6 Å². The third kappa shape index (κ3) is 3.62. The number of nitrogen functional groups attached to an aromatic ring is 1. The van der Waals surface area contributed by atoms with Crippen LogP contribution in [0.25, 0.3) is 0 Å². The number of hydrogen-bond acceptors (Lipinski definition) is 5. The van der Waals surface area contributed by atoms with E-state index in [9.17, 15) is 13.6 Å². The topological polar surface area (TPSA) is 77.2 Å². The first-order chi connectivity index (χ1) is 9.04. The highest BCUT2D eigenvalue weighted by atomic mass is 32.1. The summed E-state index contributed by atoms with van der Waals surface area (Å²) >= 11 is 1.16. The van der Waals surface area contributed by atoms with Gasteiger partial charge in [-0.2, -0.15) is 8.78 Å². The number of anilines is 2. The van der Waals surface area contributed by atoms with Gasteiger partial charge in [0.25, 0.3) is 5.91 Å². The fourth-order valence-electron chi connectivity index (χ4n) is 1.31. The van der Waals surface area contributed by atoms with Crippen LogP contribution < -0.4 is 15.8 Å². The molecule has 0 radical (unpaired) electrons. The van der Waals surface area contributed by atoms with E-state index in [2.05, 4.69) is 15.0 Å². The van der Waals surface area contributed by atoms with Crippen molar-refractivity contribution in [1.29, 1.82) is 0 Å². The summed E-state index contributed by atoms with van der Waals surface area (Å²) < 4.78 is 28.1. The van der Waals surface area contributed by atoms with Crippen LogP contribution in [0, 0.1) is 0 Å². The summed E-state index contributed by atoms with van der Waals surface area (Å²) in [6.07, 6.45) is 0. The lowest BCUT2D eigenvalue weighted by molar-refractivity contribution is -0.0498. The zero-order valence-corrected chi connectivity index (χ0v) is 10.3. The van der Waals surface area contributed by atoms with Crippen molar-refractivity contribution in [2.75, 3.05) is 11.1 Å². The number of thiazole rings is 1. The number of halogens is 2. The molecule has 2 rings (SSSR count). The lowest BCUT2D eigenvalue weighted by atomic mass is 10.3. The van der Waals surface area contributed by atoms with Gasteiger partial charge in [0.2, 0.25) is 0 Å². The summed E-state index contributed by atoms with van der Waals surface area (Å²) in [6, 6.07) is 5.56. The lowest BCUT2D eigenvalue weighted by Gasteiger charge is -2.06. The molecule has 0 spiro atoms. The molecule has 0 bridgehead atoms. The number of ether oxygens (including phenoxy) is 1. The third-order valence-corrected chi connectivity index (χ3v) is 2.77. The Morgan fingerprint density at radius 1 is 1.37 bits per heavy atom. The number of benzene rings is 1. The maximum Gasteiger partial charge on any atom is 0.387 e. The molecule has 1 aromatic heterocycles. The van der Waals surface area contributed by atoms with Gasteiger partial charge in [-0.3, -0.25) is 4.79 Å². The van der Waals surface area contributed by atoms with Crippen molar-refractivity contribution in [1.82, 2.24) is 4.98 Å². The highest BCUT2D eigenvalue weighted by Crippen LogP contribution is 2.19. The van der Waals surface area contributed by atoms with Crippen molar-refractivity contribution in [3.05, 3.63) is 35.3 Å². The first kappa shape index (κ1) is 13.2. The molecule has 1 heterocycles. The van der Waals surface area contributed by atoms with E-state index in [0.29, 0.717) is 10.8 Å². The standard InChI is InChI=1S/C11H9F2N3O2S/c12-10(13)18-7-3-1-6(2-4-7)15-9(17)8-5-19-11(14)16-8/h1-5,10H,(H2,14,16)(H,15,17). The highest BCUT2D eigenvalue weighted by molar-refractivity contribution is 7.13. The number of carbonyl (C=O) groups is 1. The van der Waals surface area contributed by atoms with Crippen LogP contribution in [0.3, 0.4) is 0 Å². The summed E-state index contributed by atoms with van der Waals surface area (Å²) in [7, 11) is 0. The molecule has 1 amide bonds. The lowest BCUT2D eigenvalue weighted by Crippen LogP contribution is -2.12. The summed E-state index contributed by atoms with van der Waals surface area (Å²) in [5.41, 5.74) is 6.06. The van der Waals surface area contributed by atoms with Gasteiger partial charge >= 0.3 is 6.61 Å². The van der Waals surface area contributed by atoms with E-state index in [1.807, 2.05) is 0 Å². The summed E-state index contributed by atoms with van der Waals surface area (Å²) in [5.74, 6) is -0.402. The molecule has 0 aliphatic rings. The third-order valence-electron chi connectivity index (χ3n) is 2.09. The van der Waals surface area contributed by atoms with Gasteiger partial charge in [0.15, 0.2) is 5.13 Å². The van der Waals surface area contributed by atoms with Gasteiger partial charge < -0.3 is 15.8 Å². The number of amides is 1. The molecule has 5 nitrogen and oxygen atoms in total. The Kier molecular flexibility index (Phi) is 3.91. The fourth-order valence-corrected chi connectivity index (χ4v) is 1.85. The van der Waals surface area contributed by atoms with E-state index in [4.69, 9.17) is 5.73 Å². The Balaban J connectivity index is 2.01. The normalized spacial score (nSPS) is 10.5. The number of nitrogens with zero attached hydrogens (tertiary/aromatic N) is 1. The highest BCUT2D eigenvalue weighted by Gasteiger charge is 2.10. The van der Waals surface area contributed by atoms with Crippen LogP contribution in [-0.4, -0.2) is 17.5 Å². The number of carbonyl (C=O) groups excluding carboxylic acids is 1. The molecular weight excluding hydrogens is 276 g/mol. The molecule has 1 aromatic carbocycles. The summed E-state index contributed by atoms with van der Waals surface area (Å²) in [5, 5.41) is 4.38. The van der Waals surface area contributed by atoms with E-state index in [1.165, 1.54) is 29.6 Å². The van der Waals surface area contributed by atoms with Crippen molar-refractivity contribution in [3.8, 4) is 5.75 Å². The van der Waals surface area contributed by atoms with Crippen molar-refractivity contribution in [2.45, 2.75) is 6.61 Å². The van der Waals surface area contributed by atoms with Crippen LogP contribution in [-0.2, 0) is 0 Å². The number of aromatic nitrogens is 1. The molecular formula is C11H9F2N3O2S. The van der Waals surface area contributed by atoms with Crippen LogP contribution in [0.1, 0.15) is 10.5 Å². The maximum atomic E-state index is 11.9. The van der Waals surface area contributed by atoms with E-state index >= 15 is 0 Å².